The molecule has 14 heteroatoms. The molecule has 1 aliphatic rings. The molecule has 1 amide bonds. The molecule has 2 N–H and O–H groups in total. The van der Waals surface area contributed by atoms with Gasteiger partial charge in [0.1, 0.15) is 12.4 Å². The first-order valence-electron chi connectivity index (χ1n) is 10.8. The maximum atomic E-state index is 13.3. The van der Waals surface area contributed by atoms with Crippen LogP contribution in [-0.2, 0) is 20.3 Å². The summed E-state index contributed by atoms with van der Waals surface area (Å²) in [6.45, 7) is -0.562. The Kier molecular flexibility index (Phi) is 9.69. The highest BCUT2D eigenvalue weighted by atomic mass is 32.2. The lowest BCUT2D eigenvalue weighted by Crippen LogP contribution is -2.50. The number of alkyl halides is 7. The van der Waals surface area contributed by atoms with Crippen LogP contribution in [0.1, 0.15) is 31.2 Å². The predicted molar refractivity (Wildman–Crippen MR) is 116 cm³/mol. The van der Waals surface area contributed by atoms with Gasteiger partial charge in [-0.05, 0) is 49.9 Å². The molecule has 206 valence electrons. The van der Waals surface area contributed by atoms with E-state index in [0.29, 0.717) is 37.8 Å². The smallest absolute Gasteiger partial charge is 0.387 e. The summed E-state index contributed by atoms with van der Waals surface area (Å²) in [5.41, 5.74) is -6.81. The quantitative estimate of drug-likeness (QED) is 0.398. The molecule has 0 heterocycles. The highest BCUT2D eigenvalue weighted by Crippen LogP contribution is 2.53. The molecule has 0 unspecified atom stereocenters. The fraction of sp³-hybridized carbons (Fsp3) is 0.435. The summed E-state index contributed by atoms with van der Waals surface area (Å²) in [5.74, 6) is -0.913. The van der Waals surface area contributed by atoms with E-state index in [0.717, 1.165) is 24.3 Å². The van der Waals surface area contributed by atoms with E-state index in [4.69, 9.17) is 5.11 Å². The van der Waals surface area contributed by atoms with Crippen LogP contribution in [0, 0.1) is 5.82 Å². The van der Waals surface area contributed by atoms with Crippen molar-refractivity contribution in [3.8, 4) is 0 Å². The van der Waals surface area contributed by atoms with E-state index < -0.39 is 57.0 Å². The summed E-state index contributed by atoms with van der Waals surface area (Å²) < 4.78 is 124. The van der Waals surface area contributed by atoms with Gasteiger partial charge in [0.25, 0.3) is 0 Å². The number of sulfone groups is 1. The first-order chi connectivity index (χ1) is 17.0. The second-order valence-electron chi connectivity index (χ2n) is 8.22. The van der Waals surface area contributed by atoms with E-state index >= 15 is 0 Å². The van der Waals surface area contributed by atoms with E-state index in [1.165, 1.54) is 18.2 Å². The van der Waals surface area contributed by atoms with Crippen molar-refractivity contribution < 1.29 is 53.4 Å². The lowest BCUT2D eigenvalue weighted by atomic mass is 9.94. The number of benzene rings is 2. The van der Waals surface area contributed by atoms with Crippen molar-refractivity contribution in [1.29, 1.82) is 0 Å². The van der Waals surface area contributed by atoms with Gasteiger partial charge in [0.05, 0.1) is 10.1 Å². The molecule has 0 radical (unpaired) electrons. The SMILES string of the molecule is FC(F)(F)C(F)(c1ccccc1)C(F)(F)F.O=C(CO)NC1CCC(S(=O)(=O)c2ccc(F)cc2)CC1. The fourth-order valence-electron chi connectivity index (χ4n) is 3.76. The molecule has 1 saturated carbocycles. The molecular formula is C23H23F8NO4S. The lowest BCUT2D eigenvalue weighted by Gasteiger charge is -2.30. The van der Waals surface area contributed by atoms with Crippen molar-refractivity contribution in [1.82, 2.24) is 5.32 Å². The number of carbonyl (C=O) groups excluding carboxylic acids is 1. The van der Waals surface area contributed by atoms with Gasteiger partial charge in [-0.25, -0.2) is 17.2 Å². The zero-order valence-electron chi connectivity index (χ0n) is 19.0. The Morgan fingerprint density at radius 3 is 1.76 bits per heavy atom. The molecular weight excluding hydrogens is 538 g/mol. The third-order valence-electron chi connectivity index (χ3n) is 5.72. The molecule has 2 aromatic carbocycles. The van der Waals surface area contributed by atoms with Crippen molar-refractivity contribution in [3.05, 3.63) is 66.0 Å². The summed E-state index contributed by atoms with van der Waals surface area (Å²) in [4.78, 5) is 11.2. The van der Waals surface area contributed by atoms with Gasteiger partial charge < -0.3 is 10.4 Å². The Labute approximate surface area is 207 Å². The monoisotopic (exact) mass is 561 g/mol. The van der Waals surface area contributed by atoms with Crippen molar-refractivity contribution >= 4 is 15.7 Å². The van der Waals surface area contributed by atoms with Crippen LogP contribution in [0.25, 0.3) is 0 Å². The Morgan fingerprint density at radius 2 is 1.32 bits per heavy atom. The standard InChI is InChI=1S/C14H18FNO4S.C9H5F7/c15-10-1-5-12(6-2-10)21(19,20)13-7-3-11(4-8-13)16-14(18)9-17;10-7(8(11,12)13,9(14,15)16)6-4-2-1-3-5-6/h1-2,5-6,11,13,17H,3-4,7-9H2,(H,16,18);1-5H. The average molecular weight is 561 g/mol. The minimum Gasteiger partial charge on any atom is -0.387 e. The minimum atomic E-state index is -6.05. The Balaban J connectivity index is 0.000000271. The van der Waals surface area contributed by atoms with Crippen LogP contribution in [0.3, 0.4) is 0 Å². The number of aliphatic hydroxyl groups is 1. The second-order valence-corrected chi connectivity index (χ2v) is 10.4. The van der Waals surface area contributed by atoms with E-state index in [9.17, 15) is 48.3 Å². The van der Waals surface area contributed by atoms with Crippen LogP contribution < -0.4 is 5.32 Å². The number of amides is 1. The van der Waals surface area contributed by atoms with Gasteiger partial charge >= 0.3 is 18.0 Å². The van der Waals surface area contributed by atoms with Crippen LogP contribution in [-0.4, -0.2) is 49.7 Å². The number of rotatable bonds is 5. The van der Waals surface area contributed by atoms with E-state index in [2.05, 4.69) is 5.32 Å². The normalized spacial score (nSPS) is 18.9. The number of halogens is 8. The van der Waals surface area contributed by atoms with Crippen LogP contribution in [0.15, 0.2) is 59.5 Å². The minimum absolute atomic E-state index is 0.0932. The van der Waals surface area contributed by atoms with Gasteiger partial charge in [-0.2, -0.15) is 26.3 Å². The third kappa shape index (κ3) is 7.18. The summed E-state index contributed by atoms with van der Waals surface area (Å²) in [6.07, 6.45) is -10.1. The summed E-state index contributed by atoms with van der Waals surface area (Å²) in [5, 5.41) is 10.8. The van der Waals surface area contributed by atoms with Gasteiger partial charge in [-0.3, -0.25) is 4.79 Å². The predicted octanol–water partition coefficient (Wildman–Crippen LogP) is 5.00. The van der Waals surface area contributed by atoms with Gasteiger partial charge in [-0.15, -0.1) is 0 Å². The van der Waals surface area contributed by atoms with Crippen molar-refractivity contribution in [2.75, 3.05) is 6.61 Å². The van der Waals surface area contributed by atoms with E-state index in [-0.39, 0.29) is 10.9 Å². The molecule has 0 spiro atoms. The Hall–Kier alpha value is -2.74. The zero-order chi connectivity index (χ0) is 28.1. The molecule has 0 aromatic heterocycles. The molecule has 3 rings (SSSR count). The number of hydrogen-bond donors (Lipinski definition) is 2. The molecule has 0 bridgehead atoms. The van der Waals surface area contributed by atoms with Gasteiger partial charge in [0, 0.05) is 11.6 Å². The molecule has 1 fully saturated rings. The van der Waals surface area contributed by atoms with E-state index in [1.807, 2.05) is 0 Å². The molecule has 0 saturated heterocycles. The Morgan fingerprint density at radius 1 is 0.838 bits per heavy atom. The van der Waals surface area contributed by atoms with Gasteiger partial charge in [0.15, 0.2) is 9.84 Å². The maximum absolute atomic E-state index is 13.3. The molecule has 5 nitrogen and oxygen atoms in total. The zero-order valence-corrected chi connectivity index (χ0v) is 19.8. The van der Waals surface area contributed by atoms with Crippen molar-refractivity contribution in [2.45, 2.75) is 59.9 Å². The van der Waals surface area contributed by atoms with Crippen LogP contribution >= 0.6 is 0 Å². The molecule has 37 heavy (non-hydrogen) atoms. The molecule has 0 atom stereocenters. The second kappa shape index (κ2) is 11.8. The number of carbonyl (C=O) groups is 1. The molecule has 1 aliphatic carbocycles. The van der Waals surface area contributed by atoms with Crippen molar-refractivity contribution in [2.24, 2.45) is 0 Å². The topological polar surface area (TPSA) is 83.5 Å². The first kappa shape index (κ1) is 30.5. The number of nitrogens with one attached hydrogen (secondary N) is 1. The molecule has 2 aromatic rings. The maximum Gasteiger partial charge on any atom is 0.435 e. The van der Waals surface area contributed by atoms with Crippen LogP contribution in [0.5, 0.6) is 0 Å². The highest BCUT2D eigenvalue weighted by Gasteiger charge is 2.73. The summed E-state index contributed by atoms with van der Waals surface area (Å²) >= 11 is 0. The third-order valence-corrected chi connectivity index (χ3v) is 8.00. The highest BCUT2D eigenvalue weighted by molar-refractivity contribution is 7.92. The summed E-state index contributed by atoms with van der Waals surface area (Å²) in [7, 11) is -3.47. The summed E-state index contributed by atoms with van der Waals surface area (Å²) in [6, 6.07) is 8.64. The van der Waals surface area contributed by atoms with Crippen molar-refractivity contribution in [3.63, 3.8) is 0 Å². The van der Waals surface area contributed by atoms with Gasteiger partial charge in [0.2, 0.25) is 5.91 Å². The Bertz CT molecular complexity index is 1110. The first-order valence-corrected chi connectivity index (χ1v) is 12.4. The molecule has 0 aliphatic heterocycles. The average Bonchev–Trinajstić information content (AvgIpc) is 2.83. The van der Waals surface area contributed by atoms with Gasteiger partial charge in [-0.1, -0.05) is 30.3 Å². The van der Waals surface area contributed by atoms with Crippen LogP contribution in [0.2, 0.25) is 0 Å². The number of hydrogen-bond acceptors (Lipinski definition) is 4. The number of aliphatic hydroxyl groups excluding tert-OH is 1. The lowest BCUT2D eigenvalue weighted by molar-refractivity contribution is -0.348. The fourth-order valence-corrected chi connectivity index (χ4v) is 5.56. The largest absolute Gasteiger partial charge is 0.435 e. The van der Waals surface area contributed by atoms with E-state index in [1.54, 1.807) is 0 Å². The van der Waals surface area contributed by atoms with Crippen LogP contribution in [0.4, 0.5) is 35.1 Å².